The van der Waals surface area contributed by atoms with Gasteiger partial charge >= 0.3 is 0 Å². The van der Waals surface area contributed by atoms with E-state index < -0.39 is 0 Å². The molecule has 11 rings (SSSR count). The molecular formula is C53H36N4. The van der Waals surface area contributed by atoms with Crippen LogP contribution in [-0.4, -0.2) is 14.1 Å². The Labute approximate surface area is 330 Å². The highest BCUT2D eigenvalue weighted by molar-refractivity contribution is 6.11. The summed E-state index contributed by atoms with van der Waals surface area (Å²) in [6, 6.07) is 77.8. The highest BCUT2D eigenvalue weighted by Crippen LogP contribution is 2.39. The van der Waals surface area contributed by atoms with Crippen LogP contribution >= 0.6 is 0 Å². The van der Waals surface area contributed by atoms with E-state index >= 15 is 0 Å². The minimum Gasteiger partial charge on any atom is -0.311 e. The number of hydrogen-bond donors (Lipinski definition) is 0. The highest BCUT2D eigenvalue weighted by atomic mass is 15.1. The third kappa shape index (κ3) is 5.58. The molecule has 0 saturated carbocycles. The average molecular weight is 729 g/mol. The van der Waals surface area contributed by atoms with Gasteiger partial charge in [0, 0.05) is 50.2 Å². The van der Waals surface area contributed by atoms with Gasteiger partial charge < -0.3 is 14.0 Å². The Hall–Kier alpha value is -7.69. The van der Waals surface area contributed by atoms with Gasteiger partial charge in [0.15, 0.2) is 0 Å². The fourth-order valence-electron chi connectivity index (χ4n) is 8.48. The number of para-hydroxylation sites is 5. The second-order valence-electron chi connectivity index (χ2n) is 14.4. The lowest BCUT2D eigenvalue weighted by Crippen LogP contribution is -2.09. The lowest BCUT2D eigenvalue weighted by molar-refractivity contribution is 1.17. The monoisotopic (exact) mass is 728 g/mol. The predicted molar refractivity (Wildman–Crippen MR) is 238 cm³/mol. The molecule has 0 aliphatic carbocycles. The molecule has 0 aliphatic heterocycles. The molecule has 268 valence electrons. The number of fused-ring (bicyclic) bond motifs is 6. The van der Waals surface area contributed by atoms with Crippen LogP contribution in [0.15, 0.2) is 218 Å². The van der Waals surface area contributed by atoms with E-state index in [0.29, 0.717) is 0 Å². The Morgan fingerprint density at radius 1 is 0.316 bits per heavy atom. The number of nitrogens with zero attached hydrogens (tertiary/aromatic N) is 4. The van der Waals surface area contributed by atoms with Gasteiger partial charge in [0.2, 0.25) is 0 Å². The van der Waals surface area contributed by atoms with E-state index in [0.717, 1.165) is 67.1 Å². The molecule has 0 amide bonds. The van der Waals surface area contributed by atoms with Crippen molar-refractivity contribution in [2.45, 2.75) is 0 Å². The van der Waals surface area contributed by atoms with Gasteiger partial charge in [0.1, 0.15) is 0 Å². The first-order valence-corrected chi connectivity index (χ1v) is 19.4. The van der Waals surface area contributed by atoms with Crippen LogP contribution in [0.4, 0.5) is 17.1 Å². The molecule has 0 saturated heterocycles. The molecule has 0 atom stereocenters. The zero-order chi connectivity index (χ0) is 37.7. The van der Waals surface area contributed by atoms with Crippen molar-refractivity contribution < 1.29 is 0 Å². The lowest BCUT2D eigenvalue weighted by Gasteiger charge is -2.25. The highest BCUT2D eigenvalue weighted by Gasteiger charge is 2.18. The molecule has 0 aliphatic rings. The number of pyridine rings is 1. The molecule has 3 heterocycles. The molecule has 8 aromatic carbocycles. The van der Waals surface area contributed by atoms with E-state index in [-0.39, 0.29) is 0 Å². The number of aromatic nitrogens is 3. The summed E-state index contributed by atoms with van der Waals surface area (Å²) in [6.07, 6.45) is 0. The van der Waals surface area contributed by atoms with Crippen LogP contribution in [0, 0.1) is 0 Å². The van der Waals surface area contributed by atoms with E-state index in [4.69, 9.17) is 4.98 Å². The first kappa shape index (κ1) is 32.7. The van der Waals surface area contributed by atoms with Gasteiger partial charge in [-0.15, -0.1) is 0 Å². The standard InChI is InChI=1S/C53H36N4/c1-4-16-40(17-5-1)55(41-18-6-2-7-19-41)43-30-27-37(28-31-43)38-15-14-22-44(35-38)57-49-25-12-10-23-45(49)47-36-39(29-33-51(47)57)48-32-34-52-53(54-48)46-24-11-13-26-50(46)56(52)42-20-8-3-9-21-42/h1-36H. The zero-order valence-electron chi connectivity index (χ0n) is 31.1. The summed E-state index contributed by atoms with van der Waals surface area (Å²) in [5.74, 6) is 0. The van der Waals surface area contributed by atoms with Gasteiger partial charge in [0.05, 0.1) is 33.3 Å². The van der Waals surface area contributed by atoms with Crippen molar-refractivity contribution in [3.05, 3.63) is 218 Å². The van der Waals surface area contributed by atoms with Crippen molar-refractivity contribution in [3.63, 3.8) is 0 Å². The summed E-state index contributed by atoms with van der Waals surface area (Å²) in [6.45, 7) is 0. The summed E-state index contributed by atoms with van der Waals surface area (Å²) in [5, 5.41) is 3.57. The number of benzene rings is 8. The van der Waals surface area contributed by atoms with Crippen molar-refractivity contribution >= 4 is 60.8 Å². The molecule has 4 heteroatoms. The molecule has 3 aromatic heterocycles. The summed E-state index contributed by atoms with van der Waals surface area (Å²) in [4.78, 5) is 7.63. The van der Waals surface area contributed by atoms with Crippen LogP contribution in [0.25, 0.3) is 77.5 Å². The Balaban J connectivity index is 0.985. The van der Waals surface area contributed by atoms with Gasteiger partial charge in [-0.05, 0) is 108 Å². The van der Waals surface area contributed by atoms with Crippen LogP contribution in [0.3, 0.4) is 0 Å². The topological polar surface area (TPSA) is 26.0 Å². The SMILES string of the molecule is c1ccc(N(c2ccccc2)c2ccc(-c3cccc(-n4c5ccccc5c5cc(-c6ccc7c(n6)c6ccccc6n7-c6ccccc6)ccc54)c3)cc2)cc1. The van der Waals surface area contributed by atoms with Crippen LogP contribution in [0.2, 0.25) is 0 Å². The zero-order valence-corrected chi connectivity index (χ0v) is 31.1. The quantitative estimate of drug-likeness (QED) is 0.163. The third-order valence-corrected chi connectivity index (χ3v) is 11.1. The largest absolute Gasteiger partial charge is 0.311 e. The van der Waals surface area contributed by atoms with Crippen molar-refractivity contribution in [2.75, 3.05) is 4.90 Å². The van der Waals surface area contributed by atoms with Crippen molar-refractivity contribution in [3.8, 4) is 33.8 Å². The van der Waals surface area contributed by atoms with Crippen LogP contribution in [0.1, 0.15) is 0 Å². The van der Waals surface area contributed by atoms with E-state index in [9.17, 15) is 0 Å². The molecular weight excluding hydrogens is 693 g/mol. The first-order valence-electron chi connectivity index (χ1n) is 19.4. The summed E-state index contributed by atoms with van der Waals surface area (Å²) < 4.78 is 4.70. The maximum Gasteiger partial charge on any atom is 0.0970 e. The normalized spacial score (nSPS) is 11.5. The second-order valence-corrected chi connectivity index (χ2v) is 14.4. The van der Waals surface area contributed by atoms with E-state index in [1.807, 2.05) is 0 Å². The van der Waals surface area contributed by atoms with E-state index in [2.05, 4.69) is 232 Å². The van der Waals surface area contributed by atoms with Crippen LogP contribution in [0.5, 0.6) is 0 Å². The van der Waals surface area contributed by atoms with Gasteiger partial charge in [-0.1, -0.05) is 121 Å². The Bertz CT molecular complexity index is 3180. The Kier molecular flexibility index (Phi) is 7.78. The molecule has 0 bridgehead atoms. The Morgan fingerprint density at radius 3 is 1.56 bits per heavy atom. The van der Waals surface area contributed by atoms with Gasteiger partial charge in [0.25, 0.3) is 0 Å². The molecule has 4 nitrogen and oxygen atoms in total. The number of anilines is 3. The molecule has 11 aromatic rings. The molecule has 0 unspecified atom stereocenters. The van der Waals surface area contributed by atoms with Crippen molar-refractivity contribution in [1.82, 2.24) is 14.1 Å². The van der Waals surface area contributed by atoms with Gasteiger partial charge in [-0.3, -0.25) is 0 Å². The van der Waals surface area contributed by atoms with E-state index in [1.54, 1.807) is 0 Å². The molecule has 0 spiro atoms. The number of rotatable bonds is 7. The second kappa shape index (κ2) is 13.6. The van der Waals surface area contributed by atoms with Crippen molar-refractivity contribution in [2.24, 2.45) is 0 Å². The van der Waals surface area contributed by atoms with E-state index in [1.165, 1.54) is 27.4 Å². The lowest BCUT2D eigenvalue weighted by atomic mass is 10.0. The smallest absolute Gasteiger partial charge is 0.0970 e. The maximum absolute atomic E-state index is 5.34. The van der Waals surface area contributed by atoms with Gasteiger partial charge in [-0.2, -0.15) is 0 Å². The number of hydrogen-bond acceptors (Lipinski definition) is 2. The summed E-state index contributed by atoms with van der Waals surface area (Å²) in [5.41, 5.74) is 15.6. The minimum absolute atomic E-state index is 0.959. The van der Waals surface area contributed by atoms with Gasteiger partial charge in [-0.25, -0.2) is 4.98 Å². The van der Waals surface area contributed by atoms with Crippen LogP contribution < -0.4 is 4.90 Å². The predicted octanol–water partition coefficient (Wildman–Crippen LogP) is 14.1. The third-order valence-electron chi connectivity index (χ3n) is 11.1. The maximum atomic E-state index is 5.34. The molecule has 0 N–H and O–H groups in total. The fourth-order valence-corrected chi connectivity index (χ4v) is 8.48. The molecule has 57 heavy (non-hydrogen) atoms. The average Bonchev–Trinajstić information content (AvgIpc) is 3.80. The van der Waals surface area contributed by atoms with Crippen molar-refractivity contribution in [1.29, 1.82) is 0 Å². The molecule has 0 fully saturated rings. The minimum atomic E-state index is 0.959. The fraction of sp³-hybridized carbons (Fsp3) is 0. The summed E-state index contributed by atoms with van der Waals surface area (Å²) in [7, 11) is 0. The van der Waals surface area contributed by atoms with Crippen LogP contribution in [-0.2, 0) is 0 Å². The Morgan fingerprint density at radius 2 is 0.842 bits per heavy atom. The first-order chi connectivity index (χ1) is 28.3. The summed E-state index contributed by atoms with van der Waals surface area (Å²) >= 11 is 0. The molecule has 0 radical (unpaired) electrons.